The lowest BCUT2D eigenvalue weighted by molar-refractivity contribution is 0.641. The molecule has 1 aromatic rings. The minimum atomic E-state index is 0.970. The standard InChI is InChI=1S/C13H19N/c1-3-5-10-14-11-13-8-6-12(4-2)7-9-13/h4,6-9,14H,2-3,5,10-11H2,1H3. The first-order valence-electron chi connectivity index (χ1n) is 5.29. The molecule has 0 atom stereocenters. The van der Waals surface area contributed by atoms with Crippen LogP contribution in [0.5, 0.6) is 0 Å². The van der Waals surface area contributed by atoms with Gasteiger partial charge in [0.25, 0.3) is 0 Å². The SMILES string of the molecule is C=Cc1ccc(CNCCCC)cc1. The van der Waals surface area contributed by atoms with Crippen molar-refractivity contribution in [1.82, 2.24) is 5.32 Å². The lowest BCUT2D eigenvalue weighted by Gasteiger charge is -2.04. The molecule has 14 heavy (non-hydrogen) atoms. The molecule has 1 N–H and O–H groups in total. The molecule has 0 aromatic heterocycles. The Morgan fingerprint density at radius 3 is 2.57 bits per heavy atom. The van der Waals surface area contributed by atoms with Crippen molar-refractivity contribution in [3.05, 3.63) is 42.0 Å². The second kappa shape index (κ2) is 6.39. The van der Waals surface area contributed by atoms with Gasteiger partial charge in [-0.2, -0.15) is 0 Å². The molecule has 0 fully saturated rings. The summed E-state index contributed by atoms with van der Waals surface area (Å²) in [5.74, 6) is 0. The lowest BCUT2D eigenvalue weighted by Crippen LogP contribution is -2.14. The molecular weight excluding hydrogens is 170 g/mol. The van der Waals surface area contributed by atoms with Crippen LogP contribution < -0.4 is 5.32 Å². The summed E-state index contributed by atoms with van der Waals surface area (Å²) in [4.78, 5) is 0. The molecule has 0 aliphatic rings. The fourth-order valence-corrected chi connectivity index (χ4v) is 1.31. The zero-order chi connectivity index (χ0) is 10.2. The van der Waals surface area contributed by atoms with Crippen LogP contribution in [0.15, 0.2) is 30.8 Å². The van der Waals surface area contributed by atoms with E-state index >= 15 is 0 Å². The zero-order valence-electron chi connectivity index (χ0n) is 8.92. The third kappa shape index (κ3) is 3.75. The molecule has 0 radical (unpaired) electrons. The van der Waals surface area contributed by atoms with Crippen LogP contribution in [0.1, 0.15) is 30.9 Å². The van der Waals surface area contributed by atoms with Crippen molar-refractivity contribution >= 4 is 6.08 Å². The molecule has 0 aliphatic heterocycles. The van der Waals surface area contributed by atoms with E-state index in [1.165, 1.54) is 24.0 Å². The third-order valence-electron chi connectivity index (χ3n) is 2.25. The Balaban J connectivity index is 2.32. The molecule has 0 saturated carbocycles. The summed E-state index contributed by atoms with van der Waals surface area (Å²) in [6.45, 7) is 8.02. The van der Waals surface area contributed by atoms with Gasteiger partial charge in [-0.15, -0.1) is 0 Å². The molecule has 0 amide bonds. The van der Waals surface area contributed by atoms with Crippen LogP contribution in [-0.2, 0) is 6.54 Å². The number of nitrogens with one attached hydrogen (secondary N) is 1. The Morgan fingerprint density at radius 2 is 2.00 bits per heavy atom. The number of rotatable bonds is 6. The van der Waals surface area contributed by atoms with E-state index in [1.807, 2.05) is 6.08 Å². The maximum Gasteiger partial charge on any atom is 0.0205 e. The summed E-state index contributed by atoms with van der Waals surface area (Å²) in [5, 5.41) is 3.41. The average Bonchev–Trinajstić information content (AvgIpc) is 2.25. The Morgan fingerprint density at radius 1 is 1.29 bits per heavy atom. The fraction of sp³-hybridized carbons (Fsp3) is 0.385. The van der Waals surface area contributed by atoms with E-state index in [0.717, 1.165) is 13.1 Å². The highest BCUT2D eigenvalue weighted by Gasteiger charge is 1.91. The third-order valence-corrected chi connectivity index (χ3v) is 2.25. The van der Waals surface area contributed by atoms with Crippen LogP contribution in [0.2, 0.25) is 0 Å². The van der Waals surface area contributed by atoms with Crippen molar-refractivity contribution in [1.29, 1.82) is 0 Å². The van der Waals surface area contributed by atoms with Gasteiger partial charge in [0.2, 0.25) is 0 Å². The molecule has 0 aliphatic carbocycles. The highest BCUT2D eigenvalue weighted by atomic mass is 14.8. The van der Waals surface area contributed by atoms with Crippen LogP contribution >= 0.6 is 0 Å². The van der Waals surface area contributed by atoms with Crippen LogP contribution in [-0.4, -0.2) is 6.54 Å². The number of unbranched alkanes of at least 4 members (excludes halogenated alkanes) is 1. The predicted molar refractivity (Wildman–Crippen MR) is 63.1 cm³/mol. The molecule has 1 heteroatoms. The smallest absolute Gasteiger partial charge is 0.0205 e. The van der Waals surface area contributed by atoms with Gasteiger partial charge in [0.15, 0.2) is 0 Å². The summed E-state index contributed by atoms with van der Waals surface area (Å²) in [7, 11) is 0. The largest absolute Gasteiger partial charge is 0.313 e. The minimum Gasteiger partial charge on any atom is -0.313 e. The molecule has 0 bridgehead atoms. The van der Waals surface area contributed by atoms with Gasteiger partial charge in [0.05, 0.1) is 0 Å². The Labute approximate surface area is 86.8 Å². The summed E-state index contributed by atoms with van der Waals surface area (Å²) in [6.07, 6.45) is 4.38. The molecule has 0 saturated heterocycles. The lowest BCUT2D eigenvalue weighted by atomic mass is 10.1. The first-order valence-corrected chi connectivity index (χ1v) is 5.29. The quantitative estimate of drug-likeness (QED) is 0.677. The summed E-state index contributed by atoms with van der Waals surface area (Å²) < 4.78 is 0. The molecule has 1 rings (SSSR count). The second-order valence-corrected chi connectivity index (χ2v) is 3.48. The van der Waals surface area contributed by atoms with E-state index < -0.39 is 0 Å². The number of hydrogen-bond donors (Lipinski definition) is 1. The minimum absolute atomic E-state index is 0.970. The first-order chi connectivity index (χ1) is 6.86. The van der Waals surface area contributed by atoms with Gasteiger partial charge >= 0.3 is 0 Å². The van der Waals surface area contributed by atoms with Crippen LogP contribution in [0.3, 0.4) is 0 Å². The predicted octanol–water partition coefficient (Wildman–Crippen LogP) is 3.22. The Hall–Kier alpha value is -1.08. The summed E-state index contributed by atoms with van der Waals surface area (Å²) in [5.41, 5.74) is 2.52. The second-order valence-electron chi connectivity index (χ2n) is 3.48. The van der Waals surface area contributed by atoms with Gasteiger partial charge in [-0.1, -0.05) is 50.3 Å². The van der Waals surface area contributed by atoms with Gasteiger partial charge in [-0.05, 0) is 24.1 Å². The van der Waals surface area contributed by atoms with Gasteiger partial charge in [-0.25, -0.2) is 0 Å². The van der Waals surface area contributed by atoms with Gasteiger partial charge in [-0.3, -0.25) is 0 Å². The maximum atomic E-state index is 3.73. The van der Waals surface area contributed by atoms with Crippen LogP contribution in [0, 0.1) is 0 Å². The van der Waals surface area contributed by atoms with Crippen molar-refractivity contribution in [2.24, 2.45) is 0 Å². The Bertz CT molecular complexity index is 261. The van der Waals surface area contributed by atoms with E-state index in [0.29, 0.717) is 0 Å². The summed E-state index contributed by atoms with van der Waals surface area (Å²) >= 11 is 0. The number of hydrogen-bond acceptors (Lipinski definition) is 1. The van der Waals surface area contributed by atoms with Crippen molar-refractivity contribution < 1.29 is 0 Å². The molecule has 1 nitrogen and oxygen atoms in total. The molecule has 76 valence electrons. The summed E-state index contributed by atoms with van der Waals surface area (Å²) in [6, 6.07) is 8.50. The average molecular weight is 189 g/mol. The maximum absolute atomic E-state index is 3.73. The van der Waals surface area contributed by atoms with Gasteiger partial charge in [0, 0.05) is 6.54 Å². The van der Waals surface area contributed by atoms with Crippen molar-refractivity contribution in [3.63, 3.8) is 0 Å². The first kappa shape index (κ1) is 11.0. The Kier molecular flexibility index (Phi) is 5.02. The van der Waals surface area contributed by atoms with Crippen LogP contribution in [0.25, 0.3) is 6.08 Å². The van der Waals surface area contributed by atoms with Crippen molar-refractivity contribution in [2.45, 2.75) is 26.3 Å². The van der Waals surface area contributed by atoms with E-state index in [9.17, 15) is 0 Å². The highest BCUT2D eigenvalue weighted by molar-refractivity contribution is 5.47. The molecular formula is C13H19N. The van der Waals surface area contributed by atoms with E-state index in [-0.39, 0.29) is 0 Å². The number of benzene rings is 1. The fourth-order valence-electron chi connectivity index (χ4n) is 1.31. The van der Waals surface area contributed by atoms with E-state index in [1.54, 1.807) is 0 Å². The molecule has 0 unspecified atom stereocenters. The van der Waals surface area contributed by atoms with Crippen molar-refractivity contribution in [2.75, 3.05) is 6.54 Å². The highest BCUT2D eigenvalue weighted by Crippen LogP contribution is 2.04. The van der Waals surface area contributed by atoms with Crippen LogP contribution in [0.4, 0.5) is 0 Å². The van der Waals surface area contributed by atoms with E-state index in [4.69, 9.17) is 0 Å². The molecule has 1 aromatic carbocycles. The van der Waals surface area contributed by atoms with Crippen molar-refractivity contribution in [3.8, 4) is 0 Å². The van der Waals surface area contributed by atoms with Gasteiger partial charge in [0.1, 0.15) is 0 Å². The topological polar surface area (TPSA) is 12.0 Å². The normalized spacial score (nSPS) is 10.1. The zero-order valence-corrected chi connectivity index (χ0v) is 8.92. The van der Waals surface area contributed by atoms with E-state index in [2.05, 4.69) is 43.1 Å². The van der Waals surface area contributed by atoms with Gasteiger partial charge < -0.3 is 5.32 Å². The monoisotopic (exact) mass is 189 g/mol. The molecule has 0 heterocycles. The molecule has 0 spiro atoms.